The molecule has 1 N–H and O–H groups in total. The summed E-state index contributed by atoms with van der Waals surface area (Å²) in [5, 5.41) is 9.10. The van der Waals surface area contributed by atoms with Gasteiger partial charge in [0.25, 0.3) is 0 Å². The summed E-state index contributed by atoms with van der Waals surface area (Å²) in [7, 11) is 0. The number of aromatic nitrogens is 3. The van der Waals surface area contributed by atoms with E-state index in [0.717, 1.165) is 28.4 Å². The second-order valence-electron chi connectivity index (χ2n) is 6.91. The van der Waals surface area contributed by atoms with Crippen molar-refractivity contribution < 1.29 is 14.3 Å². The molecule has 3 heterocycles. The highest BCUT2D eigenvalue weighted by molar-refractivity contribution is 7.71. The van der Waals surface area contributed by atoms with Gasteiger partial charge in [-0.1, -0.05) is 6.07 Å². The van der Waals surface area contributed by atoms with E-state index in [4.69, 9.17) is 21.7 Å². The van der Waals surface area contributed by atoms with Crippen LogP contribution in [-0.2, 0) is 24.3 Å². The van der Waals surface area contributed by atoms with Crippen LogP contribution in [0.2, 0.25) is 0 Å². The highest BCUT2D eigenvalue weighted by Gasteiger charge is 2.24. The Morgan fingerprint density at radius 3 is 2.63 bits per heavy atom. The maximum atomic E-state index is 13.1. The van der Waals surface area contributed by atoms with Gasteiger partial charge >= 0.3 is 0 Å². The van der Waals surface area contributed by atoms with Crippen molar-refractivity contribution in [3.63, 3.8) is 0 Å². The van der Waals surface area contributed by atoms with Gasteiger partial charge in [0, 0.05) is 13.1 Å². The van der Waals surface area contributed by atoms with Gasteiger partial charge in [0.05, 0.1) is 18.1 Å². The molecule has 1 aliphatic rings. The molecule has 0 fully saturated rings. The largest absolute Gasteiger partial charge is 0.490 e. The molecule has 0 spiro atoms. The van der Waals surface area contributed by atoms with E-state index in [-0.39, 0.29) is 12.5 Å². The summed E-state index contributed by atoms with van der Waals surface area (Å²) in [6.07, 6.45) is 0.780. The van der Waals surface area contributed by atoms with Crippen LogP contribution >= 0.6 is 23.6 Å². The van der Waals surface area contributed by atoms with Gasteiger partial charge in [-0.25, -0.2) is 0 Å². The van der Waals surface area contributed by atoms with Crippen LogP contribution in [0.15, 0.2) is 29.6 Å². The molecule has 0 atom stereocenters. The number of hydrogen-bond donors (Lipinski definition) is 1. The summed E-state index contributed by atoms with van der Waals surface area (Å²) < 4.78 is 13.7. The molecule has 2 aromatic heterocycles. The van der Waals surface area contributed by atoms with E-state index in [1.165, 1.54) is 5.56 Å². The highest BCUT2D eigenvalue weighted by Crippen LogP contribution is 2.34. The molecule has 0 bridgehead atoms. The van der Waals surface area contributed by atoms with Crippen molar-refractivity contribution in [2.45, 2.75) is 33.4 Å². The SMILES string of the molecule is CCOc1cc2c(cc1OCC)CN(C(=O)Cn1c(-c3cccs3)n[nH]c1=S)CC2. The van der Waals surface area contributed by atoms with E-state index in [2.05, 4.69) is 10.2 Å². The number of carbonyl (C=O) groups is 1. The Bertz CT molecular complexity index is 1090. The molecule has 9 heteroatoms. The third-order valence-electron chi connectivity index (χ3n) is 5.02. The van der Waals surface area contributed by atoms with Gasteiger partial charge in [0.2, 0.25) is 5.91 Å². The minimum atomic E-state index is 0.0165. The topological polar surface area (TPSA) is 72.4 Å². The second-order valence-corrected chi connectivity index (χ2v) is 8.25. The van der Waals surface area contributed by atoms with Crippen LogP contribution in [0.1, 0.15) is 25.0 Å². The van der Waals surface area contributed by atoms with Crippen molar-refractivity contribution in [2.75, 3.05) is 19.8 Å². The number of benzene rings is 1. The van der Waals surface area contributed by atoms with Crippen molar-refractivity contribution in [3.05, 3.63) is 45.5 Å². The Kier molecular flexibility index (Phi) is 6.19. The van der Waals surface area contributed by atoms with E-state index in [1.54, 1.807) is 15.9 Å². The zero-order valence-electron chi connectivity index (χ0n) is 17.0. The van der Waals surface area contributed by atoms with E-state index in [9.17, 15) is 4.79 Å². The monoisotopic (exact) mass is 444 g/mol. The van der Waals surface area contributed by atoms with E-state index in [0.29, 0.717) is 36.9 Å². The lowest BCUT2D eigenvalue weighted by Crippen LogP contribution is -2.38. The van der Waals surface area contributed by atoms with Gasteiger partial charge in [-0.05, 0) is 67.2 Å². The molecular weight excluding hydrogens is 420 g/mol. The summed E-state index contributed by atoms with van der Waals surface area (Å²) in [5.74, 6) is 2.20. The summed E-state index contributed by atoms with van der Waals surface area (Å²) >= 11 is 6.93. The van der Waals surface area contributed by atoms with Crippen LogP contribution < -0.4 is 9.47 Å². The van der Waals surface area contributed by atoms with Gasteiger partial charge in [0.15, 0.2) is 22.1 Å². The molecule has 0 unspecified atom stereocenters. The predicted molar refractivity (Wildman–Crippen MR) is 119 cm³/mol. The molecule has 3 aromatic rings. The number of fused-ring (bicyclic) bond motifs is 1. The zero-order valence-corrected chi connectivity index (χ0v) is 18.6. The Balaban J connectivity index is 1.54. The van der Waals surface area contributed by atoms with E-state index < -0.39 is 0 Å². The maximum absolute atomic E-state index is 13.1. The molecule has 1 amide bonds. The summed E-state index contributed by atoms with van der Waals surface area (Å²) in [6.45, 7) is 6.41. The van der Waals surface area contributed by atoms with E-state index >= 15 is 0 Å². The average Bonchev–Trinajstić information content (AvgIpc) is 3.39. The fourth-order valence-electron chi connectivity index (χ4n) is 3.61. The number of nitrogens with zero attached hydrogens (tertiary/aromatic N) is 3. The molecule has 4 rings (SSSR count). The first-order chi connectivity index (χ1) is 14.6. The summed E-state index contributed by atoms with van der Waals surface area (Å²) in [5.41, 5.74) is 2.29. The van der Waals surface area contributed by atoms with Crippen LogP contribution in [0.5, 0.6) is 11.5 Å². The van der Waals surface area contributed by atoms with Crippen molar-refractivity contribution in [3.8, 4) is 22.2 Å². The Hall–Kier alpha value is -2.65. The minimum absolute atomic E-state index is 0.0165. The lowest BCUT2D eigenvalue weighted by molar-refractivity contribution is -0.132. The molecular formula is C21H24N4O3S2. The Morgan fingerprint density at radius 2 is 1.97 bits per heavy atom. The number of hydrogen-bond acceptors (Lipinski definition) is 6. The van der Waals surface area contributed by atoms with Gasteiger partial charge < -0.3 is 14.4 Å². The minimum Gasteiger partial charge on any atom is -0.490 e. The van der Waals surface area contributed by atoms with Crippen molar-refractivity contribution >= 4 is 29.5 Å². The number of nitrogens with one attached hydrogen (secondary N) is 1. The standard InChI is InChI=1S/C21H24N4O3S2/c1-3-27-16-10-14-7-8-24(12-15(14)11-17(16)28-4-2)19(26)13-25-20(22-23-21(25)29)18-6-5-9-30-18/h5-6,9-11H,3-4,7-8,12-13H2,1-2H3,(H,23,29). The lowest BCUT2D eigenvalue weighted by Gasteiger charge is -2.30. The molecule has 30 heavy (non-hydrogen) atoms. The van der Waals surface area contributed by atoms with Crippen LogP contribution in [0.3, 0.4) is 0 Å². The third kappa shape index (κ3) is 4.13. The van der Waals surface area contributed by atoms with E-state index in [1.807, 2.05) is 48.4 Å². The van der Waals surface area contributed by atoms with Crippen LogP contribution in [0.4, 0.5) is 0 Å². The molecule has 1 aromatic carbocycles. The number of amides is 1. The quantitative estimate of drug-likeness (QED) is 0.557. The van der Waals surface area contributed by atoms with Crippen LogP contribution in [-0.4, -0.2) is 45.3 Å². The Labute approximate surface area is 184 Å². The van der Waals surface area contributed by atoms with Gasteiger partial charge in [-0.2, -0.15) is 5.10 Å². The second kappa shape index (κ2) is 9.01. The fraction of sp³-hybridized carbons (Fsp3) is 0.381. The maximum Gasteiger partial charge on any atom is 0.242 e. The van der Waals surface area contributed by atoms with Crippen LogP contribution in [0.25, 0.3) is 10.7 Å². The Morgan fingerprint density at radius 1 is 1.23 bits per heavy atom. The zero-order chi connectivity index (χ0) is 21.1. The fourth-order valence-corrected chi connectivity index (χ4v) is 4.53. The third-order valence-corrected chi connectivity index (χ3v) is 6.20. The molecule has 0 saturated heterocycles. The number of ether oxygens (including phenoxy) is 2. The highest BCUT2D eigenvalue weighted by atomic mass is 32.1. The number of carbonyl (C=O) groups excluding carboxylic acids is 1. The van der Waals surface area contributed by atoms with Crippen molar-refractivity contribution in [1.29, 1.82) is 0 Å². The number of thiophene rings is 1. The number of rotatable bonds is 7. The number of aromatic amines is 1. The first-order valence-electron chi connectivity index (χ1n) is 9.99. The smallest absolute Gasteiger partial charge is 0.242 e. The molecule has 0 radical (unpaired) electrons. The molecule has 158 valence electrons. The number of H-pyrrole nitrogens is 1. The first-order valence-corrected chi connectivity index (χ1v) is 11.3. The van der Waals surface area contributed by atoms with Gasteiger partial charge in [-0.3, -0.25) is 14.5 Å². The molecule has 0 aliphatic carbocycles. The molecule has 0 saturated carbocycles. The lowest BCUT2D eigenvalue weighted by atomic mass is 9.98. The molecule has 1 aliphatic heterocycles. The molecule has 7 nitrogen and oxygen atoms in total. The summed E-state index contributed by atoms with van der Waals surface area (Å²) in [6, 6.07) is 7.98. The first kappa shape index (κ1) is 20.6. The van der Waals surface area contributed by atoms with Crippen molar-refractivity contribution in [2.24, 2.45) is 0 Å². The summed E-state index contributed by atoms with van der Waals surface area (Å²) in [4.78, 5) is 15.9. The normalized spacial score (nSPS) is 13.2. The van der Waals surface area contributed by atoms with Gasteiger partial charge in [0.1, 0.15) is 6.54 Å². The average molecular weight is 445 g/mol. The van der Waals surface area contributed by atoms with Crippen molar-refractivity contribution in [1.82, 2.24) is 19.7 Å². The van der Waals surface area contributed by atoms with Crippen LogP contribution in [0, 0.1) is 4.77 Å². The van der Waals surface area contributed by atoms with Gasteiger partial charge in [-0.15, -0.1) is 11.3 Å². The predicted octanol–water partition coefficient (Wildman–Crippen LogP) is 4.05.